The summed E-state index contributed by atoms with van der Waals surface area (Å²) in [4.78, 5) is 16.4. The normalized spacial score (nSPS) is 11.6. The fourth-order valence-electron chi connectivity index (χ4n) is 2.98. The molecule has 2 aromatic carbocycles. The smallest absolute Gasteiger partial charge is 0.396 e. The van der Waals surface area contributed by atoms with Gasteiger partial charge in [-0.1, -0.05) is 12.1 Å². The van der Waals surface area contributed by atoms with E-state index in [1.807, 2.05) is 0 Å². The van der Waals surface area contributed by atoms with E-state index < -0.39 is 34.8 Å². The Morgan fingerprint density at radius 1 is 1.06 bits per heavy atom. The van der Waals surface area contributed by atoms with Crippen LogP contribution in [0.25, 0.3) is 22.3 Å². The lowest BCUT2D eigenvalue weighted by atomic mass is 10.1. The van der Waals surface area contributed by atoms with Crippen molar-refractivity contribution in [1.82, 2.24) is 15.2 Å². The SMILES string of the molecule is Nc1ccc(F)c(C(=O)Nc2cnc3[nH]nc(-c4ccc(C(F)(F)F)cc4)c3c2)c1F. The van der Waals surface area contributed by atoms with Crippen LogP contribution in [0, 0.1) is 11.6 Å². The van der Waals surface area contributed by atoms with Gasteiger partial charge in [0.05, 0.1) is 23.1 Å². The zero-order valence-corrected chi connectivity index (χ0v) is 15.4. The Labute approximate surface area is 170 Å². The molecule has 0 unspecified atom stereocenters. The van der Waals surface area contributed by atoms with Crippen molar-refractivity contribution in [2.24, 2.45) is 0 Å². The molecule has 1 amide bonds. The van der Waals surface area contributed by atoms with Gasteiger partial charge in [-0.3, -0.25) is 9.89 Å². The lowest BCUT2D eigenvalue weighted by Gasteiger charge is -2.09. The van der Waals surface area contributed by atoms with Gasteiger partial charge in [0.25, 0.3) is 5.91 Å². The van der Waals surface area contributed by atoms with Gasteiger partial charge in [0.1, 0.15) is 17.1 Å². The lowest BCUT2D eigenvalue weighted by Crippen LogP contribution is -2.17. The van der Waals surface area contributed by atoms with Gasteiger partial charge in [-0.05, 0) is 30.3 Å². The summed E-state index contributed by atoms with van der Waals surface area (Å²) >= 11 is 0. The molecule has 0 aliphatic heterocycles. The van der Waals surface area contributed by atoms with Crippen molar-refractivity contribution < 1.29 is 26.7 Å². The molecule has 4 aromatic rings. The van der Waals surface area contributed by atoms with Gasteiger partial charge in [0.2, 0.25) is 0 Å². The van der Waals surface area contributed by atoms with E-state index in [0.29, 0.717) is 16.6 Å². The number of hydrogen-bond donors (Lipinski definition) is 3. The number of aromatic nitrogens is 3. The molecular formula is C20H12F5N5O. The van der Waals surface area contributed by atoms with Gasteiger partial charge in [-0.25, -0.2) is 13.8 Å². The Morgan fingerprint density at radius 3 is 2.45 bits per heavy atom. The maximum absolute atomic E-state index is 14.1. The number of carbonyl (C=O) groups is 1. The fraction of sp³-hybridized carbons (Fsp3) is 0.0500. The number of anilines is 2. The molecule has 11 heteroatoms. The van der Waals surface area contributed by atoms with Crippen molar-refractivity contribution in [3.8, 4) is 11.3 Å². The van der Waals surface area contributed by atoms with Crippen LogP contribution >= 0.6 is 0 Å². The molecule has 0 bridgehead atoms. The second-order valence-corrected chi connectivity index (χ2v) is 6.55. The maximum atomic E-state index is 14.1. The second kappa shape index (κ2) is 7.35. The van der Waals surface area contributed by atoms with Gasteiger partial charge in [0, 0.05) is 10.9 Å². The number of nitrogen functional groups attached to an aromatic ring is 1. The van der Waals surface area contributed by atoms with E-state index in [1.165, 1.54) is 24.4 Å². The van der Waals surface area contributed by atoms with Crippen molar-refractivity contribution in [2.45, 2.75) is 6.18 Å². The number of nitrogens with one attached hydrogen (secondary N) is 2. The first-order chi connectivity index (χ1) is 14.6. The highest BCUT2D eigenvalue weighted by Gasteiger charge is 2.30. The molecule has 0 saturated heterocycles. The summed E-state index contributed by atoms with van der Waals surface area (Å²) in [6.07, 6.45) is -3.24. The molecule has 0 fully saturated rings. The number of nitrogens with zero attached hydrogens (tertiary/aromatic N) is 2. The Balaban J connectivity index is 1.68. The average Bonchev–Trinajstić information content (AvgIpc) is 3.14. The van der Waals surface area contributed by atoms with E-state index in [2.05, 4.69) is 20.5 Å². The van der Waals surface area contributed by atoms with E-state index in [1.54, 1.807) is 0 Å². The first-order valence-corrected chi connectivity index (χ1v) is 8.71. The summed E-state index contributed by atoms with van der Waals surface area (Å²) in [7, 11) is 0. The van der Waals surface area contributed by atoms with E-state index in [0.717, 1.165) is 24.3 Å². The summed E-state index contributed by atoms with van der Waals surface area (Å²) in [5, 5.41) is 9.40. The van der Waals surface area contributed by atoms with E-state index in [4.69, 9.17) is 5.73 Å². The van der Waals surface area contributed by atoms with Gasteiger partial charge in [-0.15, -0.1) is 0 Å². The summed E-state index contributed by atoms with van der Waals surface area (Å²) < 4.78 is 66.3. The predicted molar refractivity (Wildman–Crippen MR) is 103 cm³/mol. The van der Waals surface area contributed by atoms with Crippen LogP contribution in [0.4, 0.5) is 33.3 Å². The highest BCUT2D eigenvalue weighted by Crippen LogP contribution is 2.32. The topological polar surface area (TPSA) is 96.7 Å². The average molecular weight is 433 g/mol. The van der Waals surface area contributed by atoms with Gasteiger partial charge >= 0.3 is 6.18 Å². The fourth-order valence-corrected chi connectivity index (χ4v) is 2.98. The zero-order valence-electron chi connectivity index (χ0n) is 15.4. The van der Waals surface area contributed by atoms with Crippen LogP contribution in [-0.2, 0) is 6.18 Å². The Bertz CT molecular complexity index is 1300. The van der Waals surface area contributed by atoms with Crippen molar-refractivity contribution in [2.75, 3.05) is 11.1 Å². The molecule has 0 atom stereocenters. The van der Waals surface area contributed by atoms with Gasteiger partial charge in [0.15, 0.2) is 11.5 Å². The molecule has 2 aromatic heterocycles. The quantitative estimate of drug-likeness (QED) is 0.321. The van der Waals surface area contributed by atoms with Crippen LogP contribution in [-0.4, -0.2) is 21.1 Å². The number of alkyl halides is 3. The minimum Gasteiger partial charge on any atom is -0.396 e. The number of fused-ring (bicyclic) bond motifs is 1. The number of nitrogens with two attached hydrogens (primary N) is 1. The Kier molecular flexibility index (Phi) is 4.80. The largest absolute Gasteiger partial charge is 0.416 e. The Hall–Kier alpha value is -4.02. The minimum absolute atomic E-state index is 0.0910. The minimum atomic E-state index is -4.48. The van der Waals surface area contributed by atoms with E-state index in [-0.39, 0.29) is 17.1 Å². The van der Waals surface area contributed by atoms with Crippen LogP contribution in [0.15, 0.2) is 48.7 Å². The summed E-state index contributed by atoms with van der Waals surface area (Å²) in [5.41, 5.74) is 4.38. The van der Waals surface area contributed by atoms with Crippen LogP contribution in [0.3, 0.4) is 0 Å². The number of amides is 1. The summed E-state index contributed by atoms with van der Waals surface area (Å²) in [6, 6.07) is 7.63. The summed E-state index contributed by atoms with van der Waals surface area (Å²) in [6.45, 7) is 0. The van der Waals surface area contributed by atoms with Crippen LogP contribution in [0.5, 0.6) is 0 Å². The standard InChI is InChI=1S/C20H12F5N5O/c21-13-5-6-14(26)16(22)15(13)19(31)28-11-7-12-17(29-30-18(12)27-8-11)9-1-3-10(4-2-9)20(23,24)25/h1-8H,26H2,(H,28,31)(H,27,29,30). The first kappa shape index (κ1) is 20.3. The second-order valence-electron chi connectivity index (χ2n) is 6.55. The summed E-state index contributed by atoms with van der Waals surface area (Å²) in [5.74, 6) is -3.37. The van der Waals surface area contributed by atoms with Crippen molar-refractivity contribution in [3.63, 3.8) is 0 Å². The van der Waals surface area contributed by atoms with Crippen LogP contribution in [0.1, 0.15) is 15.9 Å². The molecule has 0 aliphatic carbocycles. The lowest BCUT2D eigenvalue weighted by molar-refractivity contribution is -0.137. The molecule has 6 nitrogen and oxygen atoms in total. The highest BCUT2D eigenvalue weighted by atomic mass is 19.4. The number of rotatable bonds is 3. The van der Waals surface area contributed by atoms with Gasteiger partial charge < -0.3 is 11.1 Å². The number of pyridine rings is 1. The van der Waals surface area contributed by atoms with E-state index in [9.17, 15) is 26.7 Å². The zero-order chi connectivity index (χ0) is 22.3. The molecule has 0 aliphatic rings. The van der Waals surface area contributed by atoms with E-state index >= 15 is 0 Å². The molecule has 4 rings (SSSR count). The maximum Gasteiger partial charge on any atom is 0.416 e. The van der Waals surface area contributed by atoms with Crippen molar-refractivity contribution >= 4 is 28.3 Å². The van der Waals surface area contributed by atoms with Crippen molar-refractivity contribution in [1.29, 1.82) is 0 Å². The van der Waals surface area contributed by atoms with Crippen molar-refractivity contribution in [3.05, 3.63) is 71.4 Å². The molecule has 0 spiro atoms. The monoisotopic (exact) mass is 433 g/mol. The first-order valence-electron chi connectivity index (χ1n) is 8.71. The number of aromatic amines is 1. The molecule has 31 heavy (non-hydrogen) atoms. The number of hydrogen-bond acceptors (Lipinski definition) is 4. The third kappa shape index (κ3) is 3.77. The Morgan fingerprint density at radius 2 is 1.77 bits per heavy atom. The highest BCUT2D eigenvalue weighted by molar-refractivity contribution is 6.06. The third-order valence-electron chi connectivity index (χ3n) is 4.51. The van der Waals surface area contributed by atoms with Crippen LogP contribution in [0.2, 0.25) is 0 Å². The molecule has 2 heterocycles. The molecule has 0 radical (unpaired) electrons. The van der Waals surface area contributed by atoms with Gasteiger partial charge in [-0.2, -0.15) is 18.3 Å². The third-order valence-corrected chi connectivity index (χ3v) is 4.51. The molecular weight excluding hydrogens is 421 g/mol. The number of H-pyrrole nitrogens is 1. The number of halogens is 5. The number of benzene rings is 2. The number of carbonyl (C=O) groups excluding carboxylic acids is 1. The molecule has 0 saturated carbocycles. The van der Waals surface area contributed by atoms with Crippen LogP contribution < -0.4 is 11.1 Å². The molecule has 158 valence electrons. The predicted octanol–water partition coefficient (Wildman–Crippen LogP) is 4.76. The molecule has 4 N–H and O–H groups in total.